The Morgan fingerprint density at radius 3 is 2.71 bits per heavy atom. The van der Waals surface area contributed by atoms with Crippen LogP contribution in [-0.2, 0) is 9.53 Å². The largest absolute Gasteiger partial charge is 0.478 e. The van der Waals surface area contributed by atoms with Crippen LogP contribution in [0, 0.1) is 5.82 Å². The molecule has 0 unspecified atom stereocenters. The van der Waals surface area contributed by atoms with E-state index >= 15 is 0 Å². The van der Waals surface area contributed by atoms with E-state index in [1.165, 1.54) is 6.07 Å². The molecule has 1 aromatic carbocycles. The molecular weight excluding hydrogens is 303 g/mol. The highest BCUT2D eigenvalue weighted by atomic mass is 35.5. The van der Waals surface area contributed by atoms with E-state index in [0.717, 1.165) is 12.5 Å². The Labute approximate surface area is 125 Å². The molecule has 8 heteroatoms. The van der Waals surface area contributed by atoms with E-state index in [1.807, 2.05) is 0 Å². The fraction of sp³-hybridized carbons (Fsp3) is 0.385. The summed E-state index contributed by atoms with van der Waals surface area (Å²) in [6.07, 6.45) is 0.871. The quantitative estimate of drug-likeness (QED) is 0.698. The molecule has 1 fully saturated rings. The number of benzene rings is 1. The van der Waals surface area contributed by atoms with Gasteiger partial charge < -0.3 is 20.5 Å². The molecular formula is C13H14ClFN2O4. The third-order valence-corrected chi connectivity index (χ3v) is 3.28. The molecule has 6 nitrogen and oxygen atoms in total. The zero-order valence-corrected chi connectivity index (χ0v) is 11.7. The van der Waals surface area contributed by atoms with Crippen LogP contribution in [0.1, 0.15) is 16.8 Å². The number of carboxylic acid groups (broad SMARTS) is 1. The lowest BCUT2D eigenvalue weighted by Gasteiger charge is -2.27. The average molecular weight is 317 g/mol. The molecule has 0 spiro atoms. The number of amides is 1. The number of aromatic carboxylic acids is 1. The maximum absolute atomic E-state index is 14.0. The maximum Gasteiger partial charge on any atom is 0.335 e. The number of hydrogen-bond donors (Lipinski definition) is 3. The molecule has 21 heavy (non-hydrogen) atoms. The summed E-state index contributed by atoms with van der Waals surface area (Å²) in [5, 5.41) is 14.2. The number of alkyl halides is 1. The molecule has 1 aliphatic heterocycles. The Balaban J connectivity index is 2.25. The first-order valence-electron chi connectivity index (χ1n) is 6.29. The van der Waals surface area contributed by atoms with Gasteiger partial charge in [-0.25, -0.2) is 9.18 Å². The zero-order chi connectivity index (χ0) is 15.4. The minimum absolute atomic E-state index is 0.00174. The van der Waals surface area contributed by atoms with Gasteiger partial charge in [-0.05, 0) is 18.6 Å². The van der Waals surface area contributed by atoms with Crippen molar-refractivity contribution in [3.05, 3.63) is 23.5 Å². The van der Waals surface area contributed by atoms with Crippen LogP contribution in [-0.4, -0.2) is 42.1 Å². The van der Waals surface area contributed by atoms with Gasteiger partial charge in [0.05, 0.1) is 17.4 Å². The van der Waals surface area contributed by atoms with Gasteiger partial charge in [0.15, 0.2) is 0 Å². The van der Waals surface area contributed by atoms with Gasteiger partial charge in [0.25, 0.3) is 0 Å². The van der Waals surface area contributed by atoms with E-state index in [-0.39, 0.29) is 28.9 Å². The third-order valence-electron chi connectivity index (χ3n) is 3.04. The summed E-state index contributed by atoms with van der Waals surface area (Å²) in [5.74, 6) is -3.01. The topological polar surface area (TPSA) is 87.7 Å². The van der Waals surface area contributed by atoms with Gasteiger partial charge in [0.1, 0.15) is 17.4 Å². The first-order valence-corrected chi connectivity index (χ1v) is 6.83. The van der Waals surface area contributed by atoms with Gasteiger partial charge in [0, 0.05) is 13.2 Å². The molecule has 1 heterocycles. The fourth-order valence-corrected chi connectivity index (χ4v) is 1.91. The number of carboxylic acids is 1. The number of carbonyl (C=O) groups is 2. The monoisotopic (exact) mass is 316 g/mol. The fourth-order valence-electron chi connectivity index (χ4n) is 1.84. The first kappa shape index (κ1) is 15.5. The highest BCUT2D eigenvalue weighted by molar-refractivity contribution is 6.29. The molecule has 1 amide bonds. The van der Waals surface area contributed by atoms with Crippen molar-refractivity contribution in [3.8, 4) is 0 Å². The number of carbonyl (C=O) groups excluding carboxylic acids is 1. The second kappa shape index (κ2) is 6.73. The Hall–Kier alpha value is -1.86. The van der Waals surface area contributed by atoms with Crippen molar-refractivity contribution in [1.82, 2.24) is 0 Å². The highest BCUT2D eigenvalue weighted by Crippen LogP contribution is 2.28. The maximum atomic E-state index is 14.0. The highest BCUT2D eigenvalue weighted by Gasteiger charge is 2.20. The lowest BCUT2D eigenvalue weighted by Crippen LogP contribution is -2.33. The summed E-state index contributed by atoms with van der Waals surface area (Å²) in [5.41, 5.74) is -0.153. The standard InChI is InChI=1S/C13H14ClFN2O4/c14-5-11(18)17-12-9(15)3-7(13(19)20)4-10(12)16-6-8-1-2-21-8/h3-4,8,16H,1-2,5-6H2,(H,17,18)(H,19,20)/t8-/m0/s1. The third kappa shape index (κ3) is 3.83. The Morgan fingerprint density at radius 2 is 2.19 bits per heavy atom. The number of nitrogens with one attached hydrogen (secondary N) is 2. The minimum Gasteiger partial charge on any atom is -0.478 e. The Bertz CT molecular complexity index is 563. The normalized spacial score (nSPS) is 17.0. The lowest BCUT2D eigenvalue weighted by molar-refractivity contribution is -0.113. The Kier molecular flexibility index (Phi) is 4.98. The van der Waals surface area contributed by atoms with Crippen molar-refractivity contribution in [2.75, 3.05) is 29.7 Å². The Morgan fingerprint density at radius 1 is 1.48 bits per heavy atom. The number of rotatable bonds is 6. The molecule has 0 radical (unpaired) electrons. The van der Waals surface area contributed by atoms with Crippen molar-refractivity contribution < 1.29 is 23.8 Å². The molecule has 0 aromatic heterocycles. The summed E-state index contributed by atoms with van der Waals surface area (Å²) >= 11 is 5.38. The second-order valence-electron chi connectivity index (χ2n) is 4.53. The smallest absolute Gasteiger partial charge is 0.335 e. The minimum atomic E-state index is -1.26. The van der Waals surface area contributed by atoms with Crippen LogP contribution in [0.2, 0.25) is 0 Å². The van der Waals surface area contributed by atoms with Crippen LogP contribution in [0.5, 0.6) is 0 Å². The molecule has 114 valence electrons. The van der Waals surface area contributed by atoms with Crippen LogP contribution in [0.4, 0.5) is 15.8 Å². The van der Waals surface area contributed by atoms with Crippen LogP contribution < -0.4 is 10.6 Å². The molecule has 1 saturated heterocycles. The van der Waals surface area contributed by atoms with E-state index < -0.39 is 17.7 Å². The number of hydrogen-bond acceptors (Lipinski definition) is 4. The van der Waals surface area contributed by atoms with E-state index in [9.17, 15) is 14.0 Å². The molecule has 1 atom stereocenters. The van der Waals surface area contributed by atoms with Gasteiger partial charge >= 0.3 is 5.97 Å². The van der Waals surface area contributed by atoms with Gasteiger partial charge in [-0.1, -0.05) is 0 Å². The van der Waals surface area contributed by atoms with E-state index in [2.05, 4.69) is 10.6 Å². The second-order valence-corrected chi connectivity index (χ2v) is 4.80. The predicted molar refractivity (Wildman–Crippen MR) is 75.6 cm³/mol. The molecule has 0 bridgehead atoms. The van der Waals surface area contributed by atoms with E-state index in [4.69, 9.17) is 21.4 Å². The molecule has 1 aromatic rings. The van der Waals surface area contributed by atoms with Crippen molar-refractivity contribution in [2.45, 2.75) is 12.5 Å². The summed E-state index contributed by atoms with van der Waals surface area (Å²) in [6, 6.07) is 2.10. The molecule has 2 rings (SSSR count). The van der Waals surface area contributed by atoms with Crippen molar-refractivity contribution in [1.29, 1.82) is 0 Å². The molecule has 0 saturated carbocycles. The van der Waals surface area contributed by atoms with E-state index in [0.29, 0.717) is 13.2 Å². The van der Waals surface area contributed by atoms with Crippen LogP contribution >= 0.6 is 11.6 Å². The molecule has 3 N–H and O–H groups in total. The first-order chi connectivity index (χ1) is 10.0. The van der Waals surface area contributed by atoms with Crippen molar-refractivity contribution in [2.24, 2.45) is 0 Å². The molecule has 1 aliphatic rings. The van der Waals surface area contributed by atoms with Crippen molar-refractivity contribution >= 4 is 34.9 Å². The number of halogens is 2. The number of anilines is 2. The SMILES string of the molecule is O=C(CCl)Nc1c(F)cc(C(=O)O)cc1NC[C@@H]1CCO1. The van der Waals surface area contributed by atoms with Gasteiger partial charge in [-0.2, -0.15) is 0 Å². The molecule has 0 aliphatic carbocycles. The average Bonchev–Trinajstić information content (AvgIpc) is 2.39. The van der Waals surface area contributed by atoms with Gasteiger partial charge in [-0.3, -0.25) is 4.79 Å². The van der Waals surface area contributed by atoms with Crippen LogP contribution in [0.25, 0.3) is 0 Å². The number of ether oxygens (including phenoxy) is 1. The zero-order valence-electron chi connectivity index (χ0n) is 11.0. The van der Waals surface area contributed by atoms with Crippen LogP contribution in [0.3, 0.4) is 0 Å². The summed E-state index contributed by atoms with van der Waals surface area (Å²) < 4.78 is 19.2. The summed E-state index contributed by atoms with van der Waals surface area (Å²) in [4.78, 5) is 22.3. The van der Waals surface area contributed by atoms with Crippen LogP contribution in [0.15, 0.2) is 12.1 Å². The summed E-state index contributed by atoms with van der Waals surface area (Å²) in [7, 11) is 0. The van der Waals surface area contributed by atoms with Gasteiger partial charge in [0.2, 0.25) is 5.91 Å². The van der Waals surface area contributed by atoms with Gasteiger partial charge in [-0.15, -0.1) is 11.6 Å². The van der Waals surface area contributed by atoms with Crippen molar-refractivity contribution in [3.63, 3.8) is 0 Å². The summed E-state index contributed by atoms with van der Waals surface area (Å²) in [6.45, 7) is 1.07. The van der Waals surface area contributed by atoms with E-state index in [1.54, 1.807) is 0 Å². The lowest BCUT2D eigenvalue weighted by atomic mass is 10.1. The predicted octanol–water partition coefficient (Wildman–Crippen LogP) is 1.90.